The summed E-state index contributed by atoms with van der Waals surface area (Å²) < 4.78 is 10.7. The predicted molar refractivity (Wildman–Crippen MR) is 112 cm³/mol. The predicted octanol–water partition coefficient (Wildman–Crippen LogP) is 4.56. The van der Waals surface area contributed by atoms with E-state index in [1.165, 1.54) is 12.1 Å². The Labute approximate surface area is 171 Å². The van der Waals surface area contributed by atoms with Crippen LogP contribution in [0.3, 0.4) is 0 Å². The van der Waals surface area contributed by atoms with Crippen LogP contribution in [0.1, 0.15) is 37.8 Å². The van der Waals surface area contributed by atoms with Gasteiger partial charge in [-0.15, -0.1) is 0 Å². The van der Waals surface area contributed by atoms with Gasteiger partial charge in [0.15, 0.2) is 0 Å². The smallest absolute Gasteiger partial charge is 0.313 e. The number of hydrogen-bond donors (Lipinski definition) is 1. The Morgan fingerprint density at radius 3 is 2.41 bits per heavy atom. The fourth-order valence-corrected chi connectivity index (χ4v) is 2.96. The Morgan fingerprint density at radius 1 is 1.17 bits per heavy atom. The summed E-state index contributed by atoms with van der Waals surface area (Å²) in [6, 6.07) is 11.8. The molecule has 0 spiro atoms. The van der Waals surface area contributed by atoms with E-state index in [9.17, 15) is 14.9 Å². The quantitative estimate of drug-likeness (QED) is 0.357. The molecule has 0 bridgehead atoms. The first-order valence-electron chi connectivity index (χ1n) is 9.67. The van der Waals surface area contributed by atoms with Gasteiger partial charge in [0.2, 0.25) is 0 Å². The maximum atomic E-state index is 12.7. The Balaban J connectivity index is 2.34. The van der Waals surface area contributed by atoms with Gasteiger partial charge < -0.3 is 14.8 Å². The van der Waals surface area contributed by atoms with Crippen LogP contribution in [0.15, 0.2) is 42.5 Å². The van der Waals surface area contributed by atoms with Gasteiger partial charge >= 0.3 is 5.97 Å². The molecule has 1 N–H and O–H groups in total. The number of hydrogen-bond acceptors (Lipinski definition) is 6. The van der Waals surface area contributed by atoms with E-state index >= 15 is 0 Å². The van der Waals surface area contributed by atoms with Crippen molar-refractivity contribution in [1.29, 1.82) is 0 Å². The van der Waals surface area contributed by atoms with Crippen molar-refractivity contribution in [3.63, 3.8) is 0 Å². The number of esters is 1. The van der Waals surface area contributed by atoms with E-state index < -0.39 is 10.8 Å². The molecular weight excluding hydrogens is 372 g/mol. The zero-order chi connectivity index (χ0) is 21.4. The molecule has 2 rings (SSSR count). The summed E-state index contributed by atoms with van der Waals surface area (Å²) in [5.41, 5.74) is 2.46. The van der Waals surface area contributed by atoms with Crippen molar-refractivity contribution in [2.75, 3.05) is 25.6 Å². The highest BCUT2D eigenvalue weighted by atomic mass is 16.6. The average Bonchev–Trinajstić information content (AvgIpc) is 2.70. The molecule has 0 saturated carbocycles. The van der Waals surface area contributed by atoms with E-state index in [1.54, 1.807) is 26.2 Å². The molecule has 156 valence electrons. The number of benzene rings is 2. The van der Waals surface area contributed by atoms with Gasteiger partial charge in [-0.05, 0) is 42.5 Å². The largest absolute Gasteiger partial charge is 0.495 e. The highest BCUT2D eigenvalue weighted by molar-refractivity contribution is 5.79. The number of ether oxygens (including phenoxy) is 2. The summed E-state index contributed by atoms with van der Waals surface area (Å²) in [6.07, 6.45) is 0.382. The van der Waals surface area contributed by atoms with Gasteiger partial charge in [0.05, 0.1) is 30.2 Å². The minimum Gasteiger partial charge on any atom is -0.495 e. The van der Waals surface area contributed by atoms with E-state index in [0.717, 1.165) is 23.4 Å². The summed E-state index contributed by atoms with van der Waals surface area (Å²) in [6.45, 7) is 7.04. The molecule has 0 aliphatic rings. The molecule has 0 saturated heterocycles. The summed E-state index contributed by atoms with van der Waals surface area (Å²) in [7, 11) is 1.61. The first kappa shape index (κ1) is 22.2. The molecular formula is C22H28N2O5. The van der Waals surface area contributed by atoms with Crippen LogP contribution >= 0.6 is 0 Å². The van der Waals surface area contributed by atoms with Crippen molar-refractivity contribution in [1.82, 2.24) is 0 Å². The molecule has 0 radical (unpaired) electrons. The monoisotopic (exact) mass is 400 g/mol. The molecule has 2 aromatic rings. The van der Waals surface area contributed by atoms with Gasteiger partial charge in [0.25, 0.3) is 5.69 Å². The summed E-state index contributed by atoms with van der Waals surface area (Å²) in [5.74, 6) is 0.296. The Bertz CT molecular complexity index is 834. The van der Waals surface area contributed by atoms with E-state index in [2.05, 4.69) is 19.2 Å². The standard InChI is InChI=1S/C22H28N2O5/c1-5-29-22(25)19(12-16-6-9-18(10-7-16)24(26)27)17-8-11-21(28-4)20(13-17)23-14-15(2)3/h6-11,13,15,19,23H,5,12,14H2,1-4H3. The highest BCUT2D eigenvalue weighted by Gasteiger charge is 2.24. The molecule has 0 fully saturated rings. The van der Waals surface area contributed by atoms with Crippen LogP contribution in [0.2, 0.25) is 0 Å². The molecule has 1 atom stereocenters. The maximum absolute atomic E-state index is 12.7. The minimum absolute atomic E-state index is 0.0195. The molecule has 7 nitrogen and oxygen atoms in total. The Morgan fingerprint density at radius 2 is 1.86 bits per heavy atom. The van der Waals surface area contributed by atoms with E-state index in [0.29, 0.717) is 18.1 Å². The maximum Gasteiger partial charge on any atom is 0.313 e. The first-order valence-corrected chi connectivity index (χ1v) is 9.67. The Kier molecular flexibility index (Phi) is 8.00. The van der Waals surface area contributed by atoms with E-state index in [4.69, 9.17) is 9.47 Å². The highest BCUT2D eigenvalue weighted by Crippen LogP contribution is 2.31. The lowest BCUT2D eigenvalue weighted by atomic mass is 9.91. The summed E-state index contributed by atoms with van der Waals surface area (Å²) in [4.78, 5) is 23.1. The lowest BCUT2D eigenvalue weighted by Gasteiger charge is -2.19. The van der Waals surface area contributed by atoms with Gasteiger partial charge in [0.1, 0.15) is 5.75 Å². The molecule has 0 heterocycles. The molecule has 0 amide bonds. The third kappa shape index (κ3) is 6.20. The van der Waals surface area contributed by atoms with E-state index in [-0.39, 0.29) is 18.3 Å². The number of carbonyl (C=O) groups excluding carboxylic acids is 1. The summed E-state index contributed by atoms with van der Waals surface area (Å²) >= 11 is 0. The van der Waals surface area contributed by atoms with Gasteiger partial charge in [-0.1, -0.05) is 32.0 Å². The second-order valence-corrected chi connectivity index (χ2v) is 7.17. The van der Waals surface area contributed by atoms with Crippen molar-refractivity contribution < 1.29 is 19.2 Å². The number of non-ortho nitro benzene ring substituents is 1. The normalized spacial score (nSPS) is 11.8. The number of anilines is 1. The Hall–Kier alpha value is -3.09. The van der Waals surface area contributed by atoms with Crippen LogP contribution in [0.4, 0.5) is 11.4 Å². The van der Waals surface area contributed by atoms with Crippen molar-refractivity contribution >= 4 is 17.3 Å². The summed E-state index contributed by atoms with van der Waals surface area (Å²) in [5, 5.41) is 14.2. The average molecular weight is 400 g/mol. The van der Waals surface area contributed by atoms with Crippen LogP contribution in [-0.4, -0.2) is 31.2 Å². The van der Waals surface area contributed by atoms with Crippen LogP contribution in [0, 0.1) is 16.0 Å². The molecule has 2 aromatic carbocycles. The lowest BCUT2D eigenvalue weighted by Crippen LogP contribution is -2.19. The number of carbonyl (C=O) groups is 1. The number of nitro benzene ring substituents is 1. The number of methoxy groups -OCH3 is 1. The van der Waals surface area contributed by atoms with Gasteiger partial charge in [-0.3, -0.25) is 14.9 Å². The first-order chi connectivity index (χ1) is 13.8. The zero-order valence-corrected chi connectivity index (χ0v) is 17.3. The second kappa shape index (κ2) is 10.5. The van der Waals surface area contributed by atoms with Crippen LogP contribution in [0.5, 0.6) is 5.75 Å². The molecule has 1 unspecified atom stereocenters. The molecule has 29 heavy (non-hydrogen) atoms. The van der Waals surface area contributed by atoms with Gasteiger partial charge in [-0.25, -0.2) is 0 Å². The van der Waals surface area contributed by atoms with E-state index in [1.807, 2.05) is 18.2 Å². The van der Waals surface area contributed by atoms with Crippen LogP contribution in [0.25, 0.3) is 0 Å². The fourth-order valence-electron chi connectivity index (χ4n) is 2.96. The molecule has 7 heteroatoms. The van der Waals surface area contributed by atoms with Crippen molar-refractivity contribution in [3.05, 3.63) is 63.7 Å². The molecule has 0 aliphatic carbocycles. The topological polar surface area (TPSA) is 90.7 Å². The number of nitrogens with one attached hydrogen (secondary N) is 1. The minimum atomic E-state index is -0.526. The number of nitro groups is 1. The van der Waals surface area contributed by atoms with Gasteiger partial charge in [-0.2, -0.15) is 0 Å². The van der Waals surface area contributed by atoms with Crippen molar-refractivity contribution in [2.24, 2.45) is 5.92 Å². The van der Waals surface area contributed by atoms with Gasteiger partial charge in [0, 0.05) is 18.7 Å². The molecule has 0 aliphatic heterocycles. The third-order valence-electron chi connectivity index (χ3n) is 4.48. The lowest BCUT2D eigenvalue weighted by molar-refractivity contribution is -0.384. The van der Waals surface area contributed by atoms with Crippen LogP contribution in [-0.2, 0) is 16.0 Å². The third-order valence-corrected chi connectivity index (χ3v) is 4.48. The zero-order valence-electron chi connectivity index (χ0n) is 17.3. The number of nitrogens with zero attached hydrogens (tertiary/aromatic N) is 1. The fraction of sp³-hybridized carbons (Fsp3) is 0.409. The van der Waals surface area contributed by atoms with Crippen molar-refractivity contribution in [3.8, 4) is 5.75 Å². The number of rotatable bonds is 10. The second-order valence-electron chi connectivity index (χ2n) is 7.17. The SMILES string of the molecule is CCOC(=O)C(Cc1ccc([N+](=O)[O-])cc1)c1ccc(OC)c(NCC(C)C)c1. The van der Waals surface area contributed by atoms with Crippen LogP contribution < -0.4 is 10.1 Å². The molecule has 0 aromatic heterocycles. The van der Waals surface area contributed by atoms with Crippen molar-refractivity contribution in [2.45, 2.75) is 33.1 Å².